The predicted octanol–water partition coefficient (Wildman–Crippen LogP) is 4.38. The minimum Gasteiger partial charge on any atom is -0.492 e. The Morgan fingerprint density at radius 3 is 2.51 bits per heavy atom. The van der Waals surface area contributed by atoms with Crippen molar-refractivity contribution in [2.75, 3.05) is 53.4 Å². The van der Waals surface area contributed by atoms with Gasteiger partial charge in [0.25, 0.3) is 0 Å². The Hall–Kier alpha value is -3.10. The summed E-state index contributed by atoms with van der Waals surface area (Å²) in [4.78, 5) is 7.15. The Morgan fingerprint density at radius 1 is 0.865 bits per heavy atom. The first-order valence-corrected chi connectivity index (χ1v) is 13.8. The summed E-state index contributed by atoms with van der Waals surface area (Å²) in [6.07, 6.45) is 4.42. The molecule has 0 aliphatic rings. The molecule has 1 N–H and O–H groups in total. The molecule has 0 bridgehead atoms. The highest BCUT2D eigenvalue weighted by Gasteiger charge is 2.17. The van der Waals surface area contributed by atoms with E-state index in [2.05, 4.69) is 51.6 Å². The fraction of sp³-hybridized carbons (Fsp3) is 0.300. The third-order valence-electron chi connectivity index (χ3n) is 6.14. The molecule has 0 spiro atoms. The molecule has 0 saturated heterocycles. The Kier molecular flexibility index (Phi) is 10.2. The van der Waals surface area contributed by atoms with Crippen molar-refractivity contribution < 1.29 is 8.95 Å². The average molecular weight is 517 g/mol. The van der Waals surface area contributed by atoms with Gasteiger partial charge in [-0.15, -0.1) is 0 Å². The summed E-state index contributed by atoms with van der Waals surface area (Å²) in [6, 6.07) is 26.5. The van der Waals surface area contributed by atoms with Gasteiger partial charge in [0, 0.05) is 62.3 Å². The molecule has 6 nitrogen and oxygen atoms in total. The van der Waals surface area contributed by atoms with E-state index in [1.54, 1.807) is 6.20 Å². The molecule has 0 radical (unpaired) electrons. The second kappa shape index (κ2) is 14.0. The molecular weight excluding hydrogens is 480 g/mol. The monoisotopic (exact) mass is 516 g/mol. The number of hydrogen-bond donors (Lipinski definition) is 1. The lowest BCUT2D eigenvalue weighted by Crippen LogP contribution is -2.38. The SMILES string of the molecule is CN(C)CCN(CCNCCOc1ccccc1Cc1ccccc1)S(=O)c1cccc2cnccc12. The summed E-state index contributed by atoms with van der Waals surface area (Å²) < 4.78 is 21.8. The second-order valence-corrected chi connectivity index (χ2v) is 10.7. The van der Waals surface area contributed by atoms with E-state index in [1.165, 1.54) is 11.1 Å². The van der Waals surface area contributed by atoms with E-state index in [-0.39, 0.29) is 0 Å². The van der Waals surface area contributed by atoms with Gasteiger partial charge < -0.3 is 15.0 Å². The van der Waals surface area contributed by atoms with Crippen LogP contribution in [0.15, 0.2) is 96.2 Å². The number of para-hydroxylation sites is 1. The summed E-state index contributed by atoms with van der Waals surface area (Å²) in [5.41, 5.74) is 2.45. The lowest BCUT2D eigenvalue weighted by Gasteiger charge is -2.24. The zero-order chi connectivity index (χ0) is 25.9. The number of benzene rings is 3. The molecular formula is C30H36N4O2S. The number of nitrogens with one attached hydrogen (secondary N) is 1. The van der Waals surface area contributed by atoms with Gasteiger partial charge >= 0.3 is 0 Å². The highest BCUT2D eigenvalue weighted by molar-refractivity contribution is 7.83. The van der Waals surface area contributed by atoms with Crippen LogP contribution in [0.5, 0.6) is 5.75 Å². The van der Waals surface area contributed by atoms with Gasteiger partial charge in [-0.3, -0.25) is 4.98 Å². The number of fused-ring (bicyclic) bond motifs is 1. The molecule has 0 saturated carbocycles. The van der Waals surface area contributed by atoms with E-state index in [0.717, 1.165) is 40.9 Å². The molecule has 1 atom stereocenters. The molecule has 7 heteroatoms. The number of hydrogen-bond acceptors (Lipinski definition) is 5. The van der Waals surface area contributed by atoms with Gasteiger partial charge in [-0.05, 0) is 43.4 Å². The van der Waals surface area contributed by atoms with E-state index in [4.69, 9.17) is 4.74 Å². The fourth-order valence-electron chi connectivity index (χ4n) is 4.14. The molecule has 1 aromatic heterocycles. The summed E-state index contributed by atoms with van der Waals surface area (Å²) in [5.74, 6) is 0.923. The Labute approximate surface area is 222 Å². The van der Waals surface area contributed by atoms with Crippen LogP contribution in [0.3, 0.4) is 0 Å². The predicted molar refractivity (Wildman–Crippen MR) is 152 cm³/mol. The number of likely N-dealkylation sites (N-methyl/N-ethyl adjacent to an activating group) is 1. The third-order valence-corrected chi connectivity index (χ3v) is 7.71. The molecule has 3 aromatic carbocycles. The first kappa shape index (κ1) is 26.9. The van der Waals surface area contributed by atoms with E-state index in [1.807, 2.05) is 67.1 Å². The van der Waals surface area contributed by atoms with Gasteiger partial charge in [-0.1, -0.05) is 60.7 Å². The molecule has 0 fully saturated rings. The summed E-state index contributed by atoms with van der Waals surface area (Å²) in [6.45, 7) is 4.23. The molecule has 1 unspecified atom stereocenters. The van der Waals surface area contributed by atoms with Crippen molar-refractivity contribution in [1.29, 1.82) is 0 Å². The van der Waals surface area contributed by atoms with E-state index in [9.17, 15) is 4.21 Å². The minimum atomic E-state index is -1.26. The molecule has 1 heterocycles. The third kappa shape index (κ3) is 7.94. The van der Waals surface area contributed by atoms with Crippen molar-refractivity contribution in [3.8, 4) is 5.75 Å². The van der Waals surface area contributed by atoms with Crippen LogP contribution in [0.2, 0.25) is 0 Å². The number of nitrogens with zero attached hydrogens (tertiary/aromatic N) is 3. The zero-order valence-corrected chi connectivity index (χ0v) is 22.5. The van der Waals surface area contributed by atoms with E-state index in [0.29, 0.717) is 26.2 Å². The molecule has 0 aliphatic carbocycles. The highest BCUT2D eigenvalue weighted by atomic mass is 32.2. The molecule has 0 aliphatic heterocycles. The van der Waals surface area contributed by atoms with Gasteiger partial charge in [0.15, 0.2) is 0 Å². The van der Waals surface area contributed by atoms with E-state index < -0.39 is 11.0 Å². The van der Waals surface area contributed by atoms with Crippen LogP contribution in [0, 0.1) is 0 Å². The summed E-state index contributed by atoms with van der Waals surface area (Å²) in [7, 11) is 2.81. The Morgan fingerprint density at radius 2 is 1.68 bits per heavy atom. The van der Waals surface area contributed by atoms with Crippen LogP contribution in [-0.4, -0.2) is 71.8 Å². The average Bonchev–Trinajstić information content (AvgIpc) is 2.93. The molecule has 4 aromatic rings. The van der Waals surface area contributed by atoms with Crippen LogP contribution in [0.4, 0.5) is 0 Å². The molecule has 0 amide bonds. The normalized spacial score (nSPS) is 12.3. The summed E-state index contributed by atoms with van der Waals surface area (Å²) in [5, 5.41) is 5.45. The van der Waals surface area contributed by atoms with Crippen molar-refractivity contribution in [2.24, 2.45) is 0 Å². The number of rotatable bonds is 14. The fourth-order valence-corrected chi connectivity index (χ4v) is 5.49. The maximum absolute atomic E-state index is 13.6. The van der Waals surface area contributed by atoms with E-state index >= 15 is 0 Å². The van der Waals surface area contributed by atoms with Gasteiger partial charge in [-0.2, -0.15) is 0 Å². The molecule has 4 rings (SSSR count). The Balaban J connectivity index is 1.30. The first-order chi connectivity index (χ1) is 18.1. The van der Waals surface area contributed by atoms with Gasteiger partial charge in [0.05, 0.1) is 4.90 Å². The van der Waals surface area contributed by atoms with Crippen LogP contribution in [0.1, 0.15) is 11.1 Å². The number of ether oxygens (including phenoxy) is 1. The molecule has 194 valence electrons. The Bertz CT molecular complexity index is 1280. The van der Waals surface area contributed by atoms with Crippen molar-refractivity contribution in [1.82, 2.24) is 19.5 Å². The van der Waals surface area contributed by atoms with Gasteiger partial charge in [0.1, 0.15) is 23.3 Å². The largest absolute Gasteiger partial charge is 0.492 e. The zero-order valence-electron chi connectivity index (χ0n) is 21.7. The van der Waals surface area contributed by atoms with Crippen LogP contribution >= 0.6 is 0 Å². The highest BCUT2D eigenvalue weighted by Crippen LogP contribution is 2.23. The van der Waals surface area contributed by atoms with Crippen LogP contribution in [0.25, 0.3) is 10.8 Å². The smallest absolute Gasteiger partial charge is 0.128 e. The van der Waals surface area contributed by atoms with Crippen molar-refractivity contribution in [3.63, 3.8) is 0 Å². The van der Waals surface area contributed by atoms with Crippen LogP contribution < -0.4 is 10.1 Å². The first-order valence-electron chi connectivity index (χ1n) is 12.7. The lowest BCUT2D eigenvalue weighted by molar-refractivity contribution is 0.305. The van der Waals surface area contributed by atoms with Crippen molar-refractivity contribution in [2.45, 2.75) is 11.3 Å². The second-order valence-electron chi connectivity index (χ2n) is 9.20. The lowest BCUT2D eigenvalue weighted by atomic mass is 10.0. The molecule has 37 heavy (non-hydrogen) atoms. The minimum absolute atomic E-state index is 0.572. The maximum Gasteiger partial charge on any atom is 0.128 e. The quantitative estimate of drug-likeness (QED) is 0.252. The maximum atomic E-state index is 13.6. The van der Waals surface area contributed by atoms with Gasteiger partial charge in [-0.25, -0.2) is 8.51 Å². The number of pyridine rings is 1. The number of aromatic nitrogens is 1. The van der Waals surface area contributed by atoms with Crippen molar-refractivity contribution in [3.05, 3.63) is 102 Å². The summed E-state index contributed by atoms with van der Waals surface area (Å²) >= 11 is 0. The van der Waals surface area contributed by atoms with Crippen molar-refractivity contribution >= 4 is 21.8 Å². The topological polar surface area (TPSA) is 57.7 Å². The van der Waals surface area contributed by atoms with Crippen LogP contribution in [-0.2, 0) is 17.4 Å². The standard InChI is InChI=1S/C30H36N4O2S/c1-33(2)20-21-34(37(35)30-14-8-12-27-24-32-16-15-28(27)30)19-17-31-18-22-36-29-13-7-6-11-26(29)23-25-9-4-3-5-10-25/h3-16,24,31H,17-23H2,1-2H3. The van der Waals surface area contributed by atoms with Gasteiger partial charge in [0.2, 0.25) is 0 Å².